The van der Waals surface area contributed by atoms with Gasteiger partial charge in [0.1, 0.15) is 5.75 Å². The molecule has 3 nitrogen and oxygen atoms in total. The standard InChI is InChI=1S/C17H17NO2/c1-4-9-18-17(19)12(2)13-5-6-15-11-16(20-3)8-7-14(15)10-13/h1,5-8,10-12H,9H2,2-3H3,(H,18,19)/t12-/m0/s1. The Morgan fingerprint density at radius 3 is 2.70 bits per heavy atom. The molecular formula is C17H17NO2. The summed E-state index contributed by atoms with van der Waals surface area (Å²) in [5.74, 6) is 2.94. The van der Waals surface area contributed by atoms with E-state index in [1.165, 1.54) is 0 Å². The van der Waals surface area contributed by atoms with Gasteiger partial charge in [0.25, 0.3) is 0 Å². The number of carbonyl (C=O) groups excluding carboxylic acids is 1. The Kier molecular flexibility index (Phi) is 4.27. The molecule has 0 unspecified atom stereocenters. The Balaban J connectivity index is 2.27. The molecule has 0 saturated heterocycles. The molecule has 0 aliphatic rings. The number of nitrogens with one attached hydrogen (secondary N) is 1. The molecule has 0 aliphatic heterocycles. The molecule has 0 bridgehead atoms. The highest BCUT2D eigenvalue weighted by atomic mass is 16.5. The Bertz CT molecular complexity index is 670. The topological polar surface area (TPSA) is 38.3 Å². The fraction of sp³-hybridized carbons (Fsp3) is 0.235. The van der Waals surface area contributed by atoms with Crippen LogP contribution in [0.5, 0.6) is 5.75 Å². The third kappa shape index (κ3) is 2.92. The van der Waals surface area contributed by atoms with E-state index in [0.717, 1.165) is 22.1 Å². The van der Waals surface area contributed by atoms with Crippen molar-refractivity contribution in [2.24, 2.45) is 0 Å². The highest BCUT2D eigenvalue weighted by Gasteiger charge is 2.14. The second kappa shape index (κ2) is 6.12. The smallest absolute Gasteiger partial charge is 0.228 e. The normalized spacial score (nSPS) is 11.7. The van der Waals surface area contributed by atoms with Crippen molar-refractivity contribution in [1.82, 2.24) is 5.32 Å². The van der Waals surface area contributed by atoms with Crippen LogP contribution >= 0.6 is 0 Å². The average molecular weight is 267 g/mol. The number of hydrogen-bond acceptors (Lipinski definition) is 2. The van der Waals surface area contributed by atoms with Gasteiger partial charge in [-0.3, -0.25) is 4.79 Å². The molecule has 1 N–H and O–H groups in total. The van der Waals surface area contributed by atoms with Gasteiger partial charge in [0.2, 0.25) is 5.91 Å². The van der Waals surface area contributed by atoms with E-state index < -0.39 is 0 Å². The first-order valence-electron chi connectivity index (χ1n) is 6.44. The van der Waals surface area contributed by atoms with Gasteiger partial charge in [-0.1, -0.05) is 30.2 Å². The maximum absolute atomic E-state index is 11.9. The number of ether oxygens (including phenoxy) is 1. The van der Waals surface area contributed by atoms with E-state index in [9.17, 15) is 4.79 Å². The van der Waals surface area contributed by atoms with E-state index in [-0.39, 0.29) is 18.4 Å². The number of amides is 1. The summed E-state index contributed by atoms with van der Waals surface area (Å²) >= 11 is 0. The van der Waals surface area contributed by atoms with Crippen molar-refractivity contribution in [3.63, 3.8) is 0 Å². The van der Waals surface area contributed by atoms with Crippen LogP contribution < -0.4 is 10.1 Å². The predicted molar refractivity (Wildman–Crippen MR) is 80.8 cm³/mol. The largest absolute Gasteiger partial charge is 0.497 e. The van der Waals surface area contributed by atoms with Crippen LogP contribution in [0.15, 0.2) is 36.4 Å². The van der Waals surface area contributed by atoms with E-state index in [2.05, 4.69) is 11.2 Å². The zero-order valence-corrected chi connectivity index (χ0v) is 11.6. The highest BCUT2D eigenvalue weighted by molar-refractivity contribution is 5.88. The molecule has 1 atom stereocenters. The van der Waals surface area contributed by atoms with Crippen molar-refractivity contribution in [1.29, 1.82) is 0 Å². The predicted octanol–water partition coefficient (Wildman–Crippen LogP) is 2.70. The van der Waals surface area contributed by atoms with Gasteiger partial charge in [-0.15, -0.1) is 6.42 Å². The van der Waals surface area contributed by atoms with Crippen molar-refractivity contribution in [3.05, 3.63) is 42.0 Å². The summed E-state index contributed by atoms with van der Waals surface area (Å²) in [7, 11) is 1.65. The van der Waals surface area contributed by atoms with Crippen molar-refractivity contribution in [2.75, 3.05) is 13.7 Å². The number of benzene rings is 2. The van der Waals surface area contributed by atoms with Crippen LogP contribution in [0.2, 0.25) is 0 Å². The summed E-state index contributed by atoms with van der Waals surface area (Å²) in [5, 5.41) is 4.87. The van der Waals surface area contributed by atoms with E-state index >= 15 is 0 Å². The quantitative estimate of drug-likeness (QED) is 0.865. The summed E-state index contributed by atoms with van der Waals surface area (Å²) in [5.41, 5.74) is 0.970. The first-order chi connectivity index (χ1) is 9.65. The number of hydrogen-bond donors (Lipinski definition) is 1. The van der Waals surface area contributed by atoms with Crippen LogP contribution in [0.25, 0.3) is 10.8 Å². The molecule has 2 aromatic carbocycles. The van der Waals surface area contributed by atoms with Gasteiger partial charge < -0.3 is 10.1 Å². The van der Waals surface area contributed by atoms with Crippen LogP contribution in [0.3, 0.4) is 0 Å². The molecule has 0 saturated carbocycles. The summed E-state index contributed by atoms with van der Waals surface area (Å²) in [6.07, 6.45) is 5.14. The zero-order valence-electron chi connectivity index (χ0n) is 11.6. The third-order valence-electron chi connectivity index (χ3n) is 3.33. The molecule has 3 heteroatoms. The van der Waals surface area contributed by atoms with Gasteiger partial charge >= 0.3 is 0 Å². The number of methoxy groups -OCH3 is 1. The molecule has 0 spiro atoms. The summed E-state index contributed by atoms with van der Waals surface area (Å²) < 4.78 is 5.20. The minimum absolute atomic E-state index is 0.0594. The Morgan fingerprint density at radius 1 is 1.30 bits per heavy atom. The third-order valence-corrected chi connectivity index (χ3v) is 3.33. The van der Waals surface area contributed by atoms with E-state index in [0.29, 0.717) is 0 Å². The molecule has 0 aliphatic carbocycles. The average Bonchev–Trinajstić information content (AvgIpc) is 2.50. The van der Waals surface area contributed by atoms with Crippen LogP contribution in [0, 0.1) is 12.3 Å². The highest BCUT2D eigenvalue weighted by Crippen LogP contribution is 2.25. The Hall–Kier alpha value is -2.47. The van der Waals surface area contributed by atoms with E-state index in [4.69, 9.17) is 11.2 Å². The van der Waals surface area contributed by atoms with Crippen molar-refractivity contribution < 1.29 is 9.53 Å². The molecule has 0 aromatic heterocycles. The maximum atomic E-state index is 11.9. The lowest BCUT2D eigenvalue weighted by Crippen LogP contribution is -2.28. The van der Waals surface area contributed by atoms with Crippen LogP contribution in [0.1, 0.15) is 18.4 Å². The molecule has 0 fully saturated rings. The molecular weight excluding hydrogens is 250 g/mol. The SMILES string of the molecule is C#CCNC(=O)[C@@H](C)c1ccc2cc(OC)ccc2c1. The second-order valence-corrected chi connectivity index (χ2v) is 4.62. The summed E-state index contributed by atoms with van der Waals surface area (Å²) in [6.45, 7) is 2.13. The van der Waals surface area contributed by atoms with Crippen LogP contribution in [-0.2, 0) is 4.79 Å². The number of terminal acetylenes is 1. The number of fused-ring (bicyclic) bond motifs is 1. The number of carbonyl (C=O) groups is 1. The lowest BCUT2D eigenvalue weighted by Gasteiger charge is -2.12. The first kappa shape index (κ1) is 14.0. The monoisotopic (exact) mass is 267 g/mol. The van der Waals surface area contributed by atoms with Gasteiger partial charge in [0.15, 0.2) is 0 Å². The molecule has 20 heavy (non-hydrogen) atoms. The van der Waals surface area contributed by atoms with E-state index in [1.54, 1.807) is 7.11 Å². The molecule has 2 rings (SSSR count). The summed E-state index contributed by atoms with van der Waals surface area (Å²) in [4.78, 5) is 11.9. The summed E-state index contributed by atoms with van der Waals surface area (Å²) in [6, 6.07) is 11.9. The fourth-order valence-electron chi connectivity index (χ4n) is 2.08. The van der Waals surface area contributed by atoms with Crippen LogP contribution in [-0.4, -0.2) is 19.6 Å². The molecule has 102 valence electrons. The second-order valence-electron chi connectivity index (χ2n) is 4.62. The van der Waals surface area contributed by atoms with Gasteiger partial charge in [0, 0.05) is 0 Å². The van der Waals surface area contributed by atoms with Crippen molar-refractivity contribution in [3.8, 4) is 18.1 Å². The molecule has 2 aromatic rings. The Labute approximate surface area is 118 Å². The van der Waals surface area contributed by atoms with Gasteiger partial charge in [-0.25, -0.2) is 0 Å². The minimum atomic E-state index is -0.227. The Morgan fingerprint density at radius 2 is 2.00 bits per heavy atom. The first-order valence-corrected chi connectivity index (χ1v) is 6.44. The van der Waals surface area contributed by atoms with Crippen molar-refractivity contribution in [2.45, 2.75) is 12.8 Å². The molecule has 0 radical (unpaired) electrons. The zero-order chi connectivity index (χ0) is 14.5. The minimum Gasteiger partial charge on any atom is -0.497 e. The molecule has 1 amide bonds. The van der Waals surface area contributed by atoms with Gasteiger partial charge in [0.05, 0.1) is 19.6 Å². The molecule has 0 heterocycles. The van der Waals surface area contributed by atoms with E-state index in [1.807, 2.05) is 43.3 Å². The number of rotatable bonds is 4. The maximum Gasteiger partial charge on any atom is 0.228 e. The lowest BCUT2D eigenvalue weighted by molar-refractivity contribution is -0.121. The lowest BCUT2D eigenvalue weighted by atomic mass is 9.97. The van der Waals surface area contributed by atoms with Crippen molar-refractivity contribution >= 4 is 16.7 Å². The van der Waals surface area contributed by atoms with Gasteiger partial charge in [-0.2, -0.15) is 0 Å². The fourth-order valence-corrected chi connectivity index (χ4v) is 2.08. The van der Waals surface area contributed by atoms with Crippen LogP contribution in [0.4, 0.5) is 0 Å². The van der Waals surface area contributed by atoms with Gasteiger partial charge in [-0.05, 0) is 35.4 Å².